The van der Waals surface area contributed by atoms with Crippen molar-refractivity contribution in [2.24, 2.45) is 5.14 Å². The number of primary sulfonamides is 1. The molecule has 0 aliphatic rings. The molecule has 0 aliphatic carbocycles. The molecule has 2 N–H and O–H groups in total. The van der Waals surface area contributed by atoms with Gasteiger partial charge in [0.05, 0.1) is 5.75 Å². The van der Waals surface area contributed by atoms with Crippen LogP contribution in [0, 0.1) is 18.8 Å². The Kier molecular flexibility index (Phi) is 4.23. The van der Waals surface area contributed by atoms with E-state index in [9.17, 15) is 8.42 Å². The number of aryl methyl sites for hydroxylation is 1. The maximum atomic E-state index is 11.0. The number of rotatable bonds is 2. The first-order chi connectivity index (χ1) is 9.42. The van der Waals surface area contributed by atoms with Crippen LogP contribution in [0.3, 0.4) is 0 Å². The van der Waals surface area contributed by atoms with E-state index in [2.05, 4.69) is 11.8 Å². The van der Waals surface area contributed by atoms with Gasteiger partial charge in [-0.1, -0.05) is 41.7 Å². The Morgan fingerprint density at radius 2 is 1.35 bits per heavy atom. The molecule has 2 aromatic rings. The lowest BCUT2D eigenvalue weighted by Gasteiger charge is -1.99. The zero-order chi connectivity index (χ0) is 14.6. The molecule has 0 amide bonds. The van der Waals surface area contributed by atoms with Gasteiger partial charge in [-0.15, -0.1) is 0 Å². The first kappa shape index (κ1) is 14.3. The van der Waals surface area contributed by atoms with Crippen LogP contribution in [0.1, 0.15) is 22.3 Å². The largest absolute Gasteiger partial charge is 0.228 e. The van der Waals surface area contributed by atoms with Gasteiger partial charge < -0.3 is 0 Å². The van der Waals surface area contributed by atoms with E-state index in [1.54, 1.807) is 24.3 Å². The highest BCUT2D eigenvalue weighted by atomic mass is 32.2. The molecule has 0 saturated carbocycles. The molecule has 0 saturated heterocycles. The van der Waals surface area contributed by atoms with Crippen LogP contribution in [-0.4, -0.2) is 8.42 Å². The van der Waals surface area contributed by atoms with E-state index in [0.717, 1.165) is 11.1 Å². The molecular formula is C16H15NO2S. The molecule has 0 heterocycles. The summed E-state index contributed by atoms with van der Waals surface area (Å²) in [4.78, 5) is 0. The van der Waals surface area contributed by atoms with Crippen LogP contribution in [0.2, 0.25) is 0 Å². The monoisotopic (exact) mass is 285 g/mol. The molecule has 0 bridgehead atoms. The van der Waals surface area contributed by atoms with Crippen molar-refractivity contribution in [2.45, 2.75) is 12.7 Å². The van der Waals surface area contributed by atoms with E-state index >= 15 is 0 Å². The molecular weight excluding hydrogens is 270 g/mol. The van der Waals surface area contributed by atoms with Crippen LogP contribution in [0.5, 0.6) is 0 Å². The smallest absolute Gasteiger partial charge is 0.213 e. The first-order valence-electron chi connectivity index (χ1n) is 6.10. The fraction of sp³-hybridized carbons (Fsp3) is 0.125. The van der Waals surface area contributed by atoms with Gasteiger partial charge >= 0.3 is 0 Å². The van der Waals surface area contributed by atoms with Crippen molar-refractivity contribution >= 4 is 10.0 Å². The van der Waals surface area contributed by atoms with E-state index in [1.165, 1.54) is 5.56 Å². The number of nitrogens with two attached hydrogens (primary N) is 1. The third kappa shape index (κ3) is 4.54. The zero-order valence-corrected chi connectivity index (χ0v) is 11.9. The van der Waals surface area contributed by atoms with Gasteiger partial charge in [0.2, 0.25) is 10.0 Å². The van der Waals surface area contributed by atoms with Gasteiger partial charge in [-0.05, 0) is 36.8 Å². The van der Waals surface area contributed by atoms with Crippen LogP contribution in [0.15, 0.2) is 48.5 Å². The molecule has 0 unspecified atom stereocenters. The molecule has 2 rings (SSSR count). The highest BCUT2D eigenvalue weighted by Crippen LogP contribution is 2.07. The molecule has 102 valence electrons. The van der Waals surface area contributed by atoms with Gasteiger partial charge in [0, 0.05) is 11.1 Å². The van der Waals surface area contributed by atoms with Crippen LogP contribution in [0.25, 0.3) is 0 Å². The third-order valence-electron chi connectivity index (χ3n) is 2.72. The van der Waals surface area contributed by atoms with Gasteiger partial charge in [0.15, 0.2) is 0 Å². The van der Waals surface area contributed by atoms with Crippen molar-refractivity contribution in [3.05, 3.63) is 70.8 Å². The molecule has 4 heteroatoms. The Bertz CT molecular complexity index is 749. The Labute approximate surface area is 119 Å². The van der Waals surface area contributed by atoms with E-state index in [1.807, 2.05) is 31.2 Å². The molecule has 0 spiro atoms. The van der Waals surface area contributed by atoms with Crippen LogP contribution < -0.4 is 5.14 Å². The Hall–Kier alpha value is -2.09. The standard InChI is InChI=1S/C16H15NO2S/c1-13-2-4-14(5-3-13)6-7-15-8-10-16(11-9-15)12-20(17,18)19/h2-5,8-11H,12H2,1H3,(H2,17,18,19). The van der Waals surface area contributed by atoms with E-state index in [4.69, 9.17) is 5.14 Å². The van der Waals surface area contributed by atoms with Gasteiger partial charge in [-0.25, -0.2) is 13.6 Å². The fourth-order valence-corrected chi connectivity index (χ4v) is 2.35. The van der Waals surface area contributed by atoms with Gasteiger partial charge in [-0.3, -0.25) is 0 Å². The summed E-state index contributed by atoms with van der Waals surface area (Å²) in [7, 11) is -3.49. The molecule has 0 atom stereocenters. The molecule has 20 heavy (non-hydrogen) atoms. The number of hydrogen-bond donors (Lipinski definition) is 1. The lowest BCUT2D eigenvalue weighted by molar-refractivity contribution is 0.597. The number of sulfonamides is 1. The summed E-state index contributed by atoms with van der Waals surface area (Å²) in [6.07, 6.45) is 0. The van der Waals surface area contributed by atoms with Crippen LogP contribution in [0.4, 0.5) is 0 Å². The summed E-state index contributed by atoms with van der Waals surface area (Å²) in [5.74, 6) is 5.95. The highest BCUT2D eigenvalue weighted by molar-refractivity contribution is 7.88. The molecule has 3 nitrogen and oxygen atoms in total. The first-order valence-corrected chi connectivity index (χ1v) is 7.82. The summed E-state index contributed by atoms with van der Waals surface area (Å²) in [6, 6.07) is 15.0. The van der Waals surface area contributed by atoms with Crippen molar-refractivity contribution in [1.29, 1.82) is 0 Å². The average Bonchev–Trinajstić information content (AvgIpc) is 2.38. The van der Waals surface area contributed by atoms with E-state index in [0.29, 0.717) is 5.56 Å². The van der Waals surface area contributed by atoms with Gasteiger partial charge in [0.1, 0.15) is 0 Å². The highest BCUT2D eigenvalue weighted by Gasteiger charge is 2.03. The Morgan fingerprint density at radius 1 is 0.900 bits per heavy atom. The lowest BCUT2D eigenvalue weighted by Crippen LogP contribution is -2.14. The second-order valence-corrected chi connectivity index (χ2v) is 6.23. The summed E-state index contributed by atoms with van der Waals surface area (Å²) in [6.45, 7) is 2.03. The van der Waals surface area contributed by atoms with Crippen molar-refractivity contribution in [2.75, 3.05) is 0 Å². The quantitative estimate of drug-likeness (QED) is 0.860. The second kappa shape index (κ2) is 5.91. The van der Waals surface area contributed by atoms with Crippen molar-refractivity contribution < 1.29 is 8.42 Å². The minimum atomic E-state index is -3.49. The van der Waals surface area contributed by atoms with Crippen molar-refractivity contribution in [3.8, 4) is 11.8 Å². The SMILES string of the molecule is Cc1ccc(C#Cc2ccc(CS(N)(=O)=O)cc2)cc1. The third-order valence-corrected chi connectivity index (χ3v) is 3.46. The van der Waals surface area contributed by atoms with Gasteiger partial charge in [0.25, 0.3) is 0 Å². The predicted molar refractivity (Wildman–Crippen MR) is 80.4 cm³/mol. The molecule has 0 fully saturated rings. The van der Waals surface area contributed by atoms with E-state index < -0.39 is 10.0 Å². The number of hydrogen-bond acceptors (Lipinski definition) is 2. The number of benzene rings is 2. The van der Waals surface area contributed by atoms with Crippen molar-refractivity contribution in [3.63, 3.8) is 0 Å². The average molecular weight is 285 g/mol. The second-order valence-electron chi connectivity index (χ2n) is 4.62. The maximum Gasteiger partial charge on any atom is 0.213 e. The van der Waals surface area contributed by atoms with Crippen molar-refractivity contribution in [1.82, 2.24) is 0 Å². The molecule has 2 aromatic carbocycles. The Morgan fingerprint density at radius 3 is 1.80 bits per heavy atom. The Balaban J connectivity index is 2.14. The van der Waals surface area contributed by atoms with Gasteiger partial charge in [-0.2, -0.15) is 0 Å². The van der Waals surface area contributed by atoms with Crippen LogP contribution in [-0.2, 0) is 15.8 Å². The minimum Gasteiger partial charge on any atom is -0.228 e. The molecule has 0 aliphatic heterocycles. The summed E-state index contributed by atoms with van der Waals surface area (Å²) in [5.41, 5.74) is 3.64. The van der Waals surface area contributed by atoms with E-state index in [-0.39, 0.29) is 5.75 Å². The normalized spacial score (nSPS) is 10.7. The minimum absolute atomic E-state index is 0.154. The summed E-state index contributed by atoms with van der Waals surface area (Å²) >= 11 is 0. The molecule has 0 aromatic heterocycles. The predicted octanol–water partition coefficient (Wildman–Crippen LogP) is 2.18. The maximum absolute atomic E-state index is 11.0. The van der Waals surface area contributed by atoms with Crippen LogP contribution >= 0.6 is 0 Å². The lowest BCUT2D eigenvalue weighted by atomic mass is 10.1. The molecule has 0 radical (unpaired) electrons. The summed E-state index contributed by atoms with van der Waals surface area (Å²) < 4.78 is 21.9. The topological polar surface area (TPSA) is 60.2 Å². The fourth-order valence-electron chi connectivity index (χ4n) is 1.70. The zero-order valence-electron chi connectivity index (χ0n) is 11.1. The summed E-state index contributed by atoms with van der Waals surface area (Å²) in [5, 5.41) is 5.00.